The van der Waals surface area contributed by atoms with Gasteiger partial charge in [-0.25, -0.2) is 9.18 Å². The molecule has 0 aliphatic carbocycles. The minimum atomic E-state index is -0.695. The van der Waals surface area contributed by atoms with Crippen LogP contribution in [0.4, 0.5) is 15.1 Å². The molecular weight excluding hydrogens is 383 g/mol. The first-order valence-electron chi connectivity index (χ1n) is 8.74. The van der Waals surface area contributed by atoms with Crippen molar-refractivity contribution in [1.29, 1.82) is 0 Å². The minimum absolute atomic E-state index is 0.0262. The van der Waals surface area contributed by atoms with E-state index in [0.717, 1.165) is 11.3 Å². The van der Waals surface area contributed by atoms with Gasteiger partial charge < -0.3 is 15.4 Å². The van der Waals surface area contributed by atoms with Crippen molar-refractivity contribution >= 4 is 39.8 Å². The third-order valence-corrected chi connectivity index (χ3v) is 5.07. The number of para-hydroxylation sites is 1. The van der Waals surface area contributed by atoms with E-state index in [2.05, 4.69) is 10.6 Å². The number of esters is 1. The number of rotatable bonds is 5. The summed E-state index contributed by atoms with van der Waals surface area (Å²) >= 11 is 0.951. The molecule has 0 saturated heterocycles. The maximum atomic E-state index is 13.8. The van der Waals surface area contributed by atoms with Crippen LogP contribution in [0.1, 0.15) is 53.3 Å². The Morgan fingerprint density at radius 3 is 2.36 bits per heavy atom. The van der Waals surface area contributed by atoms with E-state index in [-0.39, 0.29) is 33.6 Å². The molecule has 0 aliphatic heterocycles. The molecule has 0 radical (unpaired) electrons. The molecule has 0 aliphatic rings. The highest BCUT2D eigenvalue weighted by molar-refractivity contribution is 7.19. The molecule has 0 saturated carbocycles. The van der Waals surface area contributed by atoms with Gasteiger partial charge in [0.1, 0.15) is 10.8 Å². The van der Waals surface area contributed by atoms with E-state index in [1.807, 2.05) is 0 Å². The van der Waals surface area contributed by atoms with Crippen molar-refractivity contribution in [2.75, 3.05) is 17.2 Å². The van der Waals surface area contributed by atoms with Crippen molar-refractivity contribution in [2.45, 2.75) is 34.6 Å². The van der Waals surface area contributed by atoms with Crippen LogP contribution in [0.15, 0.2) is 24.3 Å². The fraction of sp³-hybridized carbons (Fsp3) is 0.350. The van der Waals surface area contributed by atoms with Crippen LogP contribution in [0.25, 0.3) is 0 Å². The summed E-state index contributed by atoms with van der Waals surface area (Å²) in [5, 5.41) is 5.43. The number of hydrogen-bond acceptors (Lipinski definition) is 5. The summed E-state index contributed by atoms with van der Waals surface area (Å²) in [4.78, 5) is 37.7. The molecule has 2 rings (SSSR count). The molecule has 1 aromatic heterocycles. The Hall–Kier alpha value is -2.74. The Bertz CT molecular complexity index is 915. The molecule has 2 aromatic rings. The topological polar surface area (TPSA) is 84.5 Å². The van der Waals surface area contributed by atoms with Crippen LogP contribution in [0, 0.1) is 18.2 Å². The average molecular weight is 406 g/mol. The first kappa shape index (κ1) is 21.6. The molecular formula is C20H23FN2O4S. The number of thiophene rings is 1. The lowest BCUT2D eigenvalue weighted by Gasteiger charge is -2.17. The van der Waals surface area contributed by atoms with Gasteiger partial charge in [-0.1, -0.05) is 32.9 Å². The van der Waals surface area contributed by atoms with Crippen molar-refractivity contribution in [3.05, 3.63) is 46.1 Å². The summed E-state index contributed by atoms with van der Waals surface area (Å²) in [6, 6.07) is 5.78. The van der Waals surface area contributed by atoms with Crippen LogP contribution < -0.4 is 10.6 Å². The molecule has 1 heterocycles. The zero-order valence-corrected chi connectivity index (χ0v) is 17.3. The average Bonchev–Trinajstić information content (AvgIpc) is 2.92. The number of benzene rings is 1. The summed E-state index contributed by atoms with van der Waals surface area (Å²) in [5.74, 6) is -2.09. The van der Waals surface area contributed by atoms with Crippen molar-refractivity contribution in [3.63, 3.8) is 0 Å². The van der Waals surface area contributed by atoms with E-state index >= 15 is 0 Å². The molecule has 0 spiro atoms. The van der Waals surface area contributed by atoms with Gasteiger partial charge in [0.05, 0.1) is 22.7 Å². The maximum Gasteiger partial charge on any atom is 0.341 e. The van der Waals surface area contributed by atoms with Crippen LogP contribution in [0.2, 0.25) is 0 Å². The Morgan fingerprint density at radius 2 is 1.79 bits per heavy atom. The Morgan fingerprint density at radius 1 is 1.14 bits per heavy atom. The highest BCUT2D eigenvalue weighted by atomic mass is 32.1. The van der Waals surface area contributed by atoms with Gasteiger partial charge in [0.15, 0.2) is 0 Å². The summed E-state index contributed by atoms with van der Waals surface area (Å²) in [6.07, 6.45) is 0. The molecule has 8 heteroatoms. The molecule has 2 amide bonds. The lowest BCUT2D eigenvalue weighted by atomic mass is 9.96. The number of hydrogen-bond donors (Lipinski definition) is 2. The number of ether oxygens (including phenoxy) is 1. The molecule has 6 nitrogen and oxygen atoms in total. The van der Waals surface area contributed by atoms with Crippen molar-refractivity contribution in [3.8, 4) is 0 Å². The summed E-state index contributed by atoms with van der Waals surface area (Å²) in [7, 11) is 0. The standard InChI is InChI=1S/C20H23FN2O4S/c1-6-27-18(25)14-11(2)15(28-17(14)23-19(26)20(3,4)5)16(24)22-13-10-8-7-9-12(13)21/h7-10H,6H2,1-5H3,(H,22,24)(H,23,26). The molecule has 0 bridgehead atoms. The fourth-order valence-electron chi connectivity index (χ4n) is 2.30. The summed E-state index contributed by atoms with van der Waals surface area (Å²) in [6.45, 7) is 8.61. The molecule has 2 N–H and O–H groups in total. The van der Waals surface area contributed by atoms with Gasteiger partial charge in [0.2, 0.25) is 5.91 Å². The van der Waals surface area contributed by atoms with Gasteiger partial charge in [-0.15, -0.1) is 11.3 Å². The normalized spacial score (nSPS) is 11.1. The van der Waals surface area contributed by atoms with Crippen LogP contribution >= 0.6 is 11.3 Å². The predicted molar refractivity (Wildman–Crippen MR) is 107 cm³/mol. The smallest absolute Gasteiger partial charge is 0.341 e. The zero-order valence-electron chi connectivity index (χ0n) is 16.4. The second-order valence-electron chi connectivity index (χ2n) is 7.12. The van der Waals surface area contributed by atoms with E-state index in [4.69, 9.17) is 4.74 Å². The van der Waals surface area contributed by atoms with E-state index in [0.29, 0.717) is 5.56 Å². The van der Waals surface area contributed by atoms with Gasteiger partial charge in [0, 0.05) is 5.41 Å². The molecule has 1 aromatic carbocycles. The van der Waals surface area contributed by atoms with E-state index in [1.165, 1.54) is 18.2 Å². The predicted octanol–water partition coefficient (Wildman–Crippen LogP) is 4.61. The van der Waals surface area contributed by atoms with Gasteiger partial charge >= 0.3 is 5.97 Å². The number of amides is 2. The van der Waals surface area contributed by atoms with Gasteiger partial charge in [-0.3, -0.25) is 9.59 Å². The zero-order chi connectivity index (χ0) is 21.1. The second kappa shape index (κ2) is 8.52. The van der Waals surface area contributed by atoms with Gasteiger partial charge in [0.25, 0.3) is 5.91 Å². The number of carbonyl (C=O) groups is 3. The number of anilines is 2. The number of nitrogens with one attached hydrogen (secondary N) is 2. The van der Waals surface area contributed by atoms with E-state index < -0.39 is 23.1 Å². The van der Waals surface area contributed by atoms with Crippen molar-refractivity contribution in [1.82, 2.24) is 0 Å². The molecule has 0 fully saturated rings. The second-order valence-corrected chi connectivity index (χ2v) is 8.14. The van der Waals surface area contributed by atoms with Crippen LogP contribution in [-0.4, -0.2) is 24.4 Å². The van der Waals surface area contributed by atoms with Gasteiger partial charge in [-0.2, -0.15) is 0 Å². The van der Waals surface area contributed by atoms with E-state index in [9.17, 15) is 18.8 Å². The Balaban J connectivity index is 2.43. The molecule has 28 heavy (non-hydrogen) atoms. The lowest BCUT2D eigenvalue weighted by molar-refractivity contribution is -0.123. The minimum Gasteiger partial charge on any atom is -0.462 e. The fourth-order valence-corrected chi connectivity index (χ4v) is 3.38. The molecule has 0 atom stereocenters. The van der Waals surface area contributed by atoms with Gasteiger partial charge in [-0.05, 0) is 31.5 Å². The summed E-state index contributed by atoms with van der Waals surface area (Å²) < 4.78 is 18.9. The monoisotopic (exact) mass is 406 g/mol. The quantitative estimate of drug-likeness (QED) is 0.710. The third kappa shape index (κ3) is 4.75. The van der Waals surface area contributed by atoms with Crippen LogP contribution in [0.5, 0.6) is 0 Å². The highest BCUT2D eigenvalue weighted by Crippen LogP contribution is 2.35. The van der Waals surface area contributed by atoms with Crippen molar-refractivity contribution < 1.29 is 23.5 Å². The Kier molecular flexibility index (Phi) is 6.56. The summed E-state index contributed by atoms with van der Waals surface area (Å²) in [5.41, 5.74) is -0.178. The number of carbonyl (C=O) groups excluding carboxylic acids is 3. The molecule has 0 unspecified atom stereocenters. The van der Waals surface area contributed by atoms with Crippen molar-refractivity contribution in [2.24, 2.45) is 5.41 Å². The maximum absolute atomic E-state index is 13.8. The van der Waals surface area contributed by atoms with Crippen LogP contribution in [-0.2, 0) is 9.53 Å². The Labute approximate surface area is 167 Å². The first-order valence-corrected chi connectivity index (χ1v) is 9.55. The lowest BCUT2D eigenvalue weighted by Crippen LogP contribution is -2.28. The first-order chi connectivity index (χ1) is 13.1. The third-order valence-electron chi connectivity index (χ3n) is 3.86. The largest absolute Gasteiger partial charge is 0.462 e. The molecule has 150 valence electrons. The van der Waals surface area contributed by atoms with E-state index in [1.54, 1.807) is 40.7 Å². The van der Waals surface area contributed by atoms with Crippen LogP contribution in [0.3, 0.4) is 0 Å². The number of halogens is 1. The highest BCUT2D eigenvalue weighted by Gasteiger charge is 2.29. The SMILES string of the molecule is CCOC(=O)c1c(NC(=O)C(C)(C)C)sc(C(=O)Nc2ccccc2F)c1C.